The first-order valence-corrected chi connectivity index (χ1v) is 5.30. The first kappa shape index (κ1) is 10.2. The van der Waals surface area contributed by atoms with Crippen LogP contribution in [0.1, 0.15) is 0 Å². The third kappa shape index (κ3) is 2.04. The minimum absolute atomic E-state index is 0.238. The average Bonchev–Trinajstić information content (AvgIpc) is 2.66. The minimum atomic E-state index is 0.238. The Labute approximate surface area is 100 Å². The zero-order valence-electron chi connectivity index (χ0n) is 7.99. The Balaban J connectivity index is 2.45. The molecule has 3 N–H and O–H groups in total. The fourth-order valence-electron chi connectivity index (χ4n) is 1.21. The molecular formula is C9H9IN4O. The van der Waals surface area contributed by atoms with Gasteiger partial charge in [-0.1, -0.05) is 0 Å². The highest BCUT2D eigenvalue weighted by molar-refractivity contribution is 14.1. The van der Waals surface area contributed by atoms with Crippen molar-refractivity contribution < 1.29 is 4.74 Å². The van der Waals surface area contributed by atoms with Crippen LogP contribution < -0.4 is 10.5 Å². The lowest BCUT2D eigenvalue weighted by Crippen LogP contribution is -1.89. The number of H-pyrrole nitrogens is 1. The van der Waals surface area contributed by atoms with E-state index in [1.165, 1.54) is 0 Å². The molecule has 5 nitrogen and oxygen atoms in total. The normalized spacial score (nSPS) is 10.3. The largest absolute Gasteiger partial charge is 0.496 e. The van der Waals surface area contributed by atoms with Gasteiger partial charge in [0.05, 0.1) is 10.7 Å². The summed E-state index contributed by atoms with van der Waals surface area (Å²) in [5.74, 6) is 1.69. The summed E-state index contributed by atoms with van der Waals surface area (Å²) >= 11 is 2.21. The van der Waals surface area contributed by atoms with Crippen LogP contribution in [-0.4, -0.2) is 22.3 Å². The van der Waals surface area contributed by atoms with Gasteiger partial charge < -0.3 is 10.5 Å². The second kappa shape index (κ2) is 4.05. The standard InChI is InChI=1S/C9H9IN4O/c1-15-7-4-5(2-3-6(7)10)8-12-9(11)14-13-8/h2-4H,1H3,(H3,11,12,13,14). The van der Waals surface area contributed by atoms with Crippen molar-refractivity contribution in [3.8, 4) is 17.1 Å². The van der Waals surface area contributed by atoms with Gasteiger partial charge in [-0.15, -0.1) is 5.10 Å². The maximum atomic E-state index is 5.43. The molecule has 0 radical (unpaired) electrons. The van der Waals surface area contributed by atoms with Crippen molar-refractivity contribution in [3.05, 3.63) is 21.8 Å². The number of rotatable bonds is 2. The van der Waals surface area contributed by atoms with Crippen LogP contribution in [0, 0.1) is 3.57 Å². The van der Waals surface area contributed by atoms with Crippen molar-refractivity contribution in [2.75, 3.05) is 12.8 Å². The first-order valence-electron chi connectivity index (χ1n) is 4.22. The molecule has 0 fully saturated rings. The Morgan fingerprint density at radius 1 is 1.47 bits per heavy atom. The van der Waals surface area contributed by atoms with E-state index in [2.05, 4.69) is 37.8 Å². The summed E-state index contributed by atoms with van der Waals surface area (Å²) < 4.78 is 6.26. The zero-order valence-corrected chi connectivity index (χ0v) is 10.1. The molecule has 0 saturated carbocycles. The molecular weight excluding hydrogens is 307 g/mol. The quantitative estimate of drug-likeness (QED) is 0.826. The van der Waals surface area contributed by atoms with E-state index in [-0.39, 0.29) is 5.95 Å². The fourth-order valence-corrected chi connectivity index (χ4v) is 1.77. The number of halogens is 1. The van der Waals surface area contributed by atoms with Crippen molar-refractivity contribution in [2.45, 2.75) is 0 Å². The van der Waals surface area contributed by atoms with Gasteiger partial charge >= 0.3 is 0 Å². The van der Waals surface area contributed by atoms with Gasteiger partial charge in [-0.05, 0) is 40.8 Å². The third-order valence-electron chi connectivity index (χ3n) is 1.93. The number of nitrogens with two attached hydrogens (primary N) is 1. The van der Waals surface area contributed by atoms with Crippen LogP contribution in [0.25, 0.3) is 11.4 Å². The van der Waals surface area contributed by atoms with Crippen LogP contribution in [0.15, 0.2) is 18.2 Å². The summed E-state index contributed by atoms with van der Waals surface area (Å²) in [7, 11) is 1.63. The minimum Gasteiger partial charge on any atom is -0.496 e. The van der Waals surface area contributed by atoms with Crippen molar-refractivity contribution in [3.63, 3.8) is 0 Å². The number of benzene rings is 1. The number of methoxy groups -OCH3 is 1. The molecule has 1 aromatic heterocycles. The monoisotopic (exact) mass is 316 g/mol. The molecule has 78 valence electrons. The zero-order chi connectivity index (χ0) is 10.8. The molecule has 0 bridgehead atoms. The number of ether oxygens (including phenoxy) is 1. The molecule has 0 amide bonds. The van der Waals surface area contributed by atoms with Crippen LogP contribution in [-0.2, 0) is 0 Å². The first-order chi connectivity index (χ1) is 7.20. The molecule has 6 heteroatoms. The SMILES string of the molecule is COc1cc(-c2nc(N)n[nH]2)ccc1I. The molecule has 0 saturated heterocycles. The molecule has 1 aromatic carbocycles. The predicted molar refractivity (Wildman–Crippen MR) is 65.5 cm³/mol. The number of nitrogens with zero attached hydrogens (tertiary/aromatic N) is 2. The Morgan fingerprint density at radius 3 is 2.87 bits per heavy atom. The van der Waals surface area contributed by atoms with Crippen molar-refractivity contribution in [1.82, 2.24) is 15.2 Å². The average molecular weight is 316 g/mol. The highest BCUT2D eigenvalue weighted by Crippen LogP contribution is 2.26. The summed E-state index contributed by atoms with van der Waals surface area (Å²) in [5.41, 5.74) is 6.33. The Morgan fingerprint density at radius 2 is 2.27 bits per heavy atom. The number of anilines is 1. The predicted octanol–water partition coefficient (Wildman–Crippen LogP) is 1.67. The van der Waals surface area contributed by atoms with Gasteiger partial charge in [-0.25, -0.2) is 0 Å². The lowest BCUT2D eigenvalue weighted by Gasteiger charge is -2.04. The van der Waals surface area contributed by atoms with E-state index in [0.29, 0.717) is 5.82 Å². The summed E-state index contributed by atoms with van der Waals surface area (Å²) in [6.45, 7) is 0. The maximum Gasteiger partial charge on any atom is 0.239 e. The Kier molecular flexibility index (Phi) is 2.76. The fraction of sp³-hybridized carbons (Fsp3) is 0.111. The van der Waals surface area contributed by atoms with Crippen LogP contribution in [0.3, 0.4) is 0 Å². The second-order valence-corrected chi connectivity index (χ2v) is 4.05. The van der Waals surface area contributed by atoms with E-state index >= 15 is 0 Å². The second-order valence-electron chi connectivity index (χ2n) is 2.89. The van der Waals surface area contributed by atoms with Gasteiger partial charge in [0.25, 0.3) is 0 Å². The van der Waals surface area contributed by atoms with Crippen molar-refractivity contribution in [1.29, 1.82) is 0 Å². The van der Waals surface area contributed by atoms with Crippen LogP contribution in [0.2, 0.25) is 0 Å². The molecule has 0 aliphatic heterocycles. The van der Waals surface area contributed by atoms with E-state index in [9.17, 15) is 0 Å². The maximum absolute atomic E-state index is 5.43. The van der Waals surface area contributed by atoms with E-state index in [1.54, 1.807) is 7.11 Å². The van der Waals surface area contributed by atoms with E-state index in [1.807, 2.05) is 18.2 Å². The van der Waals surface area contributed by atoms with E-state index in [0.717, 1.165) is 14.9 Å². The molecule has 0 unspecified atom stereocenters. The molecule has 15 heavy (non-hydrogen) atoms. The number of aromatic amines is 1. The smallest absolute Gasteiger partial charge is 0.239 e. The Hall–Kier alpha value is -1.31. The highest BCUT2D eigenvalue weighted by atomic mass is 127. The van der Waals surface area contributed by atoms with Gasteiger partial charge in [0.2, 0.25) is 5.95 Å². The molecule has 0 atom stereocenters. The van der Waals surface area contributed by atoms with Crippen LogP contribution in [0.5, 0.6) is 5.75 Å². The molecule has 2 aromatic rings. The molecule has 2 rings (SSSR count). The number of aromatic nitrogens is 3. The highest BCUT2D eigenvalue weighted by Gasteiger charge is 2.06. The van der Waals surface area contributed by atoms with E-state index < -0.39 is 0 Å². The Bertz CT molecular complexity index is 483. The lowest BCUT2D eigenvalue weighted by molar-refractivity contribution is 0.412. The number of hydrogen-bond acceptors (Lipinski definition) is 4. The van der Waals surface area contributed by atoms with Gasteiger partial charge in [0.15, 0.2) is 5.82 Å². The number of nitrogen functional groups attached to an aromatic ring is 1. The lowest BCUT2D eigenvalue weighted by atomic mass is 10.2. The van der Waals surface area contributed by atoms with Crippen LogP contribution >= 0.6 is 22.6 Å². The topological polar surface area (TPSA) is 76.8 Å². The third-order valence-corrected chi connectivity index (χ3v) is 2.82. The summed E-state index contributed by atoms with van der Waals surface area (Å²) in [6, 6.07) is 5.78. The van der Waals surface area contributed by atoms with Crippen molar-refractivity contribution >= 4 is 28.5 Å². The molecule has 0 aliphatic rings. The summed E-state index contributed by atoms with van der Waals surface area (Å²) in [4.78, 5) is 4.04. The van der Waals surface area contributed by atoms with Gasteiger partial charge in [-0.3, -0.25) is 5.10 Å². The van der Waals surface area contributed by atoms with Gasteiger partial charge in [0, 0.05) is 5.56 Å². The van der Waals surface area contributed by atoms with Crippen molar-refractivity contribution in [2.24, 2.45) is 0 Å². The molecule has 1 heterocycles. The molecule has 0 spiro atoms. The van der Waals surface area contributed by atoms with Gasteiger partial charge in [0.1, 0.15) is 5.75 Å². The number of hydrogen-bond donors (Lipinski definition) is 2. The summed E-state index contributed by atoms with van der Waals surface area (Å²) in [5, 5.41) is 6.52. The van der Waals surface area contributed by atoms with E-state index in [4.69, 9.17) is 10.5 Å². The molecule has 0 aliphatic carbocycles. The van der Waals surface area contributed by atoms with Crippen LogP contribution in [0.4, 0.5) is 5.95 Å². The van der Waals surface area contributed by atoms with Gasteiger partial charge in [-0.2, -0.15) is 4.98 Å². The summed E-state index contributed by atoms with van der Waals surface area (Å²) in [6.07, 6.45) is 0. The number of nitrogens with one attached hydrogen (secondary N) is 1.